The van der Waals surface area contributed by atoms with Crippen LogP contribution in [0.3, 0.4) is 0 Å². The molecule has 0 unspecified atom stereocenters. The van der Waals surface area contributed by atoms with Crippen molar-refractivity contribution in [2.24, 2.45) is 0 Å². The van der Waals surface area contributed by atoms with Gasteiger partial charge in [-0.2, -0.15) is 0 Å². The van der Waals surface area contributed by atoms with Gasteiger partial charge in [0.05, 0.1) is 0 Å². The van der Waals surface area contributed by atoms with Crippen LogP contribution < -0.4 is 15.5 Å². The number of amides is 2. The van der Waals surface area contributed by atoms with Crippen molar-refractivity contribution in [2.45, 2.75) is 39.3 Å². The number of rotatable bonds is 5. The molecule has 0 aliphatic carbocycles. The van der Waals surface area contributed by atoms with Gasteiger partial charge in [0.25, 0.3) is 0 Å². The topological polar surface area (TPSA) is 44.4 Å². The summed E-state index contributed by atoms with van der Waals surface area (Å²) in [6, 6.07) is 16.5. The van der Waals surface area contributed by atoms with Gasteiger partial charge in [0.1, 0.15) is 0 Å². The van der Waals surface area contributed by atoms with Crippen molar-refractivity contribution in [1.82, 2.24) is 10.6 Å². The molecule has 1 saturated heterocycles. The van der Waals surface area contributed by atoms with Crippen molar-refractivity contribution in [1.29, 1.82) is 0 Å². The SMILES string of the molecule is Cc1ccccc1CNC(=O)NCc1ccc(N2CCCCC2)cc1. The number of anilines is 1. The van der Waals surface area contributed by atoms with Crippen molar-refractivity contribution in [3.05, 3.63) is 65.2 Å². The van der Waals surface area contributed by atoms with Crippen LogP contribution >= 0.6 is 0 Å². The molecule has 0 aromatic heterocycles. The van der Waals surface area contributed by atoms with Gasteiger partial charge in [-0.3, -0.25) is 0 Å². The first-order chi connectivity index (χ1) is 12.2. The van der Waals surface area contributed by atoms with E-state index in [0.717, 1.165) is 24.2 Å². The number of aryl methyl sites for hydroxylation is 1. The fraction of sp³-hybridized carbons (Fsp3) is 0.381. The van der Waals surface area contributed by atoms with Gasteiger partial charge >= 0.3 is 6.03 Å². The second-order valence-corrected chi connectivity index (χ2v) is 6.68. The fourth-order valence-corrected chi connectivity index (χ4v) is 3.21. The van der Waals surface area contributed by atoms with Crippen LogP contribution in [0.15, 0.2) is 48.5 Å². The second-order valence-electron chi connectivity index (χ2n) is 6.68. The highest BCUT2D eigenvalue weighted by molar-refractivity contribution is 5.73. The van der Waals surface area contributed by atoms with E-state index in [9.17, 15) is 4.79 Å². The highest BCUT2D eigenvalue weighted by Crippen LogP contribution is 2.20. The molecule has 1 fully saturated rings. The number of benzene rings is 2. The summed E-state index contributed by atoms with van der Waals surface area (Å²) in [6.07, 6.45) is 3.91. The molecule has 2 aromatic carbocycles. The van der Waals surface area contributed by atoms with Gasteiger partial charge in [-0.1, -0.05) is 36.4 Å². The summed E-state index contributed by atoms with van der Waals surface area (Å²) in [7, 11) is 0. The average molecular weight is 337 g/mol. The Kier molecular flexibility index (Phi) is 5.94. The number of hydrogen-bond donors (Lipinski definition) is 2. The van der Waals surface area contributed by atoms with E-state index in [-0.39, 0.29) is 6.03 Å². The molecule has 0 saturated carbocycles. The highest BCUT2D eigenvalue weighted by atomic mass is 16.2. The van der Waals surface area contributed by atoms with Gasteiger partial charge < -0.3 is 15.5 Å². The first kappa shape index (κ1) is 17.3. The van der Waals surface area contributed by atoms with Crippen molar-refractivity contribution in [3.63, 3.8) is 0 Å². The quantitative estimate of drug-likeness (QED) is 0.866. The predicted octanol–water partition coefficient (Wildman–Crippen LogP) is 3.98. The Bertz CT molecular complexity index is 691. The maximum Gasteiger partial charge on any atom is 0.315 e. The van der Waals surface area contributed by atoms with E-state index in [2.05, 4.69) is 52.8 Å². The van der Waals surface area contributed by atoms with Gasteiger partial charge in [-0.05, 0) is 55.0 Å². The number of hydrogen-bond acceptors (Lipinski definition) is 2. The van der Waals surface area contributed by atoms with Gasteiger partial charge in [-0.25, -0.2) is 4.79 Å². The van der Waals surface area contributed by atoms with Crippen LogP contribution in [0.25, 0.3) is 0 Å². The minimum atomic E-state index is -0.136. The lowest BCUT2D eigenvalue weighted by molar-refractivity contribution is 0.240. The summed E-state index contributed by atoms with van der Waals surface area (Å²) in [5, 5.41) is 5.84. The summed E-state index contributed by atoms with van der Waals surface area (Å²) in [5.41, 5.74) is 4.74. The maximum atomic E-state index is 12.0. The summed E-state index contributed by atoms with van der Waals surface area (Å²) in [6.45, 7) is 5.45. The van der Waals surface area contributed by atoms with Crippen molar-refractivity contribution >= 4 is 11.7 Å². The van der Waals surface area contributed by atoms with E-state index < -0.39 is 0 Å². The zero-order chi connectivity index (χ0) is 17.5. The Labute approximate surface area is 150 Å². The van der Waals surface area contributed by atoms with Crippen LogP contribution in [0.1, 0.15) is 36.0 Å². The minimum absolute atomic E-state index is 0.136. The lowest BCUT2D eigenvalue weighted by Gasteiger charge is -2.28. The Morgan fingerprint density at radius 1 is 0.920 bits per heavy atom. The largest absolute Gasteiger partial charge is 0.372 e. The number of nitrogens with zero attached hydrogens (tertiary/aromatic N) is 1. The molecule has 1 heterocycles. The Hall–Kier alpha value is -2.49. The predicted molar refractivity (Wildman–Crippen MR) is 103 cm³/mol. The second kappa shape index (κ2) is 8.56. The molecule has 2 N–H and O–H groups in total. The molecule has 1 aliphatic heterocycles. The third kappa shape index (κ3) is 4.99. The van der Waals surface area contributed by atoms with Gasteiger partial charge in [0.2, 0.25) is 0 Å². The van der Waals surface area contributed by atoms with Gasteiger partial charge in [0.15, 0.2) is 0 Å². The van der Waals surface area contributed by atoms with Crippen molar-refractivity contribution in [3.8, 4) is 0 Å². The molecular weight excluding hydrogens is 310 g/mol. The molecule has 2 aromatic rings. The molecule has 4 heteroatoms. The third-order valence-corrected chi connectivity index (χ3v) is 4.81. The van der Waals surface area contributed by atoms with E-state index in [1.807, 2.05) is 18.2 Å². The Balaban J connectivity index is 1.44. The molecule has 25 heavy (non-hydrogen) atoms. The number of carbonyl (C=O) groups is 1. The number of urea groups is 1. The first-order valence-electron chi connectivity index (χ1n) is 9.12. The molecule has 132 valence electrons. The molecule has 0 radical (unpaired) electrons. The van der Waals surface area contributed by atoms with E-state index in [1.54, 1.807) is 0 Å². The van der Waals surface area contributed by atoms with Crippen molar-refractivity contribution in [2.75, 3.05) is 18.0 Å². The van der Waals surface area contributed by atoms with E-state index in [1.165, 1.54) is 30.5 Å². The van der Waals surface area contributed by atoms with E-state index in [4.69, 9.17) is 0 Å². The standard InChI is InChI=1S/C21H27N3O/c1-17-7-3-4-8-19(17)16-23-21(25)22-15-18-9-11-20(12-10-18)24-13-5-2-6-14-24/h3-4,7-12H,2,5-6,13-16H2,1H3,(H2,22,23,25). The normalized spacial score (nSPS) is 14.2. The van der Waals surface area contributed by atoms with Crippen LogP contribution in [-0.2, 0) is 13.1 Å². The molecule has 3 rings (SSSR count). The molecule has 0 bridgehead atoms. The van der Waals surface area contributed by atoms with Gasteiger partial charge in [-0.15, -0.1) is 0 Å². The fourth-order valence-electron chi connectivity index (χ4n) is 3.21. The van der Waals surface area contributed by atoms with E-state index >= 15 is 0 Å². The Morgan fingerprint density at radius 2 is 1.60 bits per heavy atom. The molecule has 0 spiro atoms. The zero-order valence-corrected chi connectivity index (χ0v) is 14.9. The van der Waals surface area contributed by atoms with Crippen molar-refractivity contribution < 1.29 is 4.79 Å². The van der Waals surface area contributed by atoms with E-state index in [0.29, 0.717) is 13.1 Å². The number of nitrogens with one attached hydrogen (secondary N) is 2. The third-order valence-electron chi connectivity index (χ3n) is 4.81. The first-order valence-corrected chi connectivity index (χ1v) is 9.12. The van der Waals surface area contributed by atoms with Crippen LogP contribution in [0.2, 0.25) is 0 Å². The van der Waals surface area contributed by atoms with Gasteiger partial charge in [0, 0.05) is 31.9 Å². The molecule has 2 amide bonds. The molecule has 4 nitrogen and oxygen atoms in total. The molecule has 1 aliphatic rings. The summed E-state index contributed by atoms with van der Waals surface area (Å²) >= 11 is 0. The average Bonchev–Trinajstić information content (AvgIpc) is 2.67. The highest BCUT2D eigenvalue weighted by Gasteiger charge is 2.10. The summed E-state index contributed by atoms with van der Waals surface area (Å²) in [5.74, 6) is 0. The van der Waals surface area contributed by atoms with Crippen LogP contribution in [0.4, 0.5) is 10.5 Å². The monoisotopic (exact) mass is 337 g/mol. The smallest absolute Gasteiger partial charge is 0.315 e. The molecule has 0 atom stereocenters. The van der Waals surface area contributed by atoms with Crippen LogP contribution in [-0.4, -0.2) is 19.1 Å². The van der Waals surface area contributed by atoms with Crippen LogP contribution in [0, 0.1) is 6.92 Å². The number of carbonyl (C=O) groups excluding carboxylic acids is 1. The summed E-state index contributed by atoms with van der Waals surface area (Å²) in [4.78, 5) is 14.4. The zero-order valence-electron chi connectivity index (χ0n) is 14.9. The minimum Gasteiger partial charge on any atom is -0.372 e. The lowest BCUT2D eigenvalue weighted by atomic mass is 10.1. The molecular formula is C21H27N3O. The summed E-state index contributed by atoms with van der Waals surface area (Å²) < 4.78 is 0. The van der Waals surface area contributed by atoms with Crippen LogP contribution in [0.5, 0.6) is 0 Å². The Morgan fingerprint density at radius 3 is 2.32 bits per heavy atom. The lowest BCUT2D eigenvalue weighted by Crippen LogP contribution is -2.34. The number of piperidine rings is 1. The maximum absolute atomic E-state index is 12.0.